The number of pyridine rings is 1. The van der Waals surface area contributed by atoms with Crippen molar-refractivity contribution in [3.63, 3.8) is 0 Å². The molecular formula is C19H20FN3O6. The second-order valence-electron chi connectivity index (χ2n) is 7.42. The van der Waals surface area contributed by atoms with Crippen molar-refractivity contribution >= 4 is 28.5 Å². The van der Waals surface area contributed by atoms with E-state index in [1.54, 1.807) is 11.8 Å². The molecule has 1 unspecified atom stereocenters. The Morgan fingerprint density at radius 1 is 1.21 bits per heavy atom. The SMILES string of the molecule is C[C@H]1C(C(=O)O)Oc2c(N3CCN(C)CC3)c(F)cc3c(=O)c(C(=O)O)cn1c23. The Hall–Kier alpha value is -3.14. The summed E-state index contributed by atoms with van der Waals surface area (Å²) in [4.78, 5) is 39.8. The second-order valence-corrected chi connectivity index (χ2v) is 7.42. The minimum atomic E-state index is -1.46. The zero-order chi connectivity index (χ0) is 21.0. The Kier molecular flexibility index (Phi) is 4.45. The number of rotatable bonds is 3. The highest BCUT2D eigenvalue weighted by Gasteiger charge is 2.38. The fourth-order valence-electron chi connectivity index (χ4n) is 3.98. The molecule has 2 aliphatic heterocycles. The van der Waals surface area contributed by atoms with Gasteiger partial charge >= 0.3 is 11.9 Å². The Labute approximate surface area is 164 Å². The first-order chi connectivity index (χ1) is 13.7. The smallest absolute Gasteiger partial charge is 0.347 e. The van der Waals surface area contributed by atoms with E-state index in [0.29, 0.717) is 26.2 Å². The van der Waals surface area contributed by atoms with Crippen LogP contribution in [0.5, 0.6) is 5.75 Å². The van der Waals surface area contributed by atoms with E-state index in [2.05, 4.69) is 4.90 Å². The summed E-state index contributed by atoms with van der Waals surface area (Å²) in [6.45, 7) is 3.91. The maximum Gasteiger partial charge on any atom is 0.347 e. The summed E-state index contributed by atoms with van der Waals surface area (Å²) in [7, 11) is 1.95. The van der Waals surface area contributed by atoms with Crippen molar-refractivity contribution < 1.29 is 28.9 Å². The number of hydrogen-bond acceptors (Lipinski definition) is 6. The summed E-state index contributed by atoms with van der Waals surface area (Å²) in [5, 5.41) is 18.8. The molecule has 0 amide bonds. The van der Waals surface area contributed by atoms with Crippen LogP contribution in [0.1, 0.15) is 23.3 Å². The largest absolute Gasteiger partial charge is 0.478 e. The molecule has 1 aromatic carbocycles. The van der Waals surface area contributed by atoms with E-state index in [0.717, 1.165) is 12.3 Å². The summed E-state index contributed by atoms with van der Waals surface area (Å²) < 4.78 is 22.3. The Bertz CT molecular complexity index is 1090. The molecule has 0 radical (unpaired) electrons. The monoisotopic (exact) mass is 405 g/mol. The van der Waals surface area contributed by atoms with Gasteiger partial charge in [-0.2, -0.15) is 0 Å². The predicted molar refractivity (Wildman–Crippen MR) is 102 cm³/mol. The van der Waals surface area contributed by atoms with Crippen molar-refractivity contribution in [1.29, 1.82) is 0 Å². The van der Waals surface area contributed by atoms with Crippen LogP contribution in [0.3, 0.4) is 0 Å². The molecule has 10 heteroatoms. The Balaban J connectivity index is 2.04. The molecule has 0 aliphatic carbocycles. The molecule has 2 aliphatic rings. The summed E-state index contributed by atoms with van der Waals surface area (Å²) in [5.74, 6) is -3.51. The lowest BCUT2D eigenvalue weighted by Crippen LogP contribution is -2.46. The molecule has 2 aromatic rings. The molecule has 1 aromatic heterocycles. The molecule has 4 rings (SSSR count). The number of anilines is 1. The third-order valence-corrected chi connectivity index (χ3v) is 5.61. The average Bonchev–Trinajstić information content (AvgIpc) is 2.66. The minimum Gasteiger partial charge on any atom is -0.478 e. The molecule has 9 nitrogen and oxygen atoms in total. The Morgan fingerprint density at radius 2 is 1.86 bits per heavy atom. The van der Waals surface area contributed by atoms with Gasteiger partial charge in [0, 0.05) is 32.4 Å². The van der Waals surface area contributed by atoms with Crippen LogP contribution in [0.4, 0.5) is 10.1 Å². The maximum atomic E-state index is 15.2. The van der Waals surface area contributed by atoms with Gasteiger partial charge in [-0.3, -0.25) is 4.79 Å². The van der Waals surface area contributed by atoms with Gasteiger partial charge in [0.2, 0.25) is 11.5 Å². The number of carbonyl (C=O) groups is 2. The first-order valence-electron chi connectivity index (χ1n) is 9.18. The second kappa shape index (κ2) is 6.73. The highest BCUT2D eigenvalue weighted by molar-refractivity contribution is 5.98. The fourth-order valence-corrected chi connectivity index (χ4v) is 3.98. The number of carboxylic acids is 2. The molecule has 0 bridgehead atoms. The van der Waals surface area contributed by atoms with Gasteiger partial charge in [-0.1, -0.05) is 0 Å². The number of likely N-dealkylation sites (N-methyl/N-ethyl adjacent to an activating group) is 1. The van der Waals surface area contributed by atoms with Crippen LogP contribution in [-0.2, 0) is 4.79 Å². The quantitative estimate of drug-likeness (QED) is 0.778. The number of aromatic nitrogens is 1. The normalized spacial score (nSPS) is 21.8. The van der Waals surface area contributed by atoms with Crippen molar-refractivity contribution in [1.82, 2.24) is 9.47 Å². The average molecular weight is 405 g/mol. The van der Waals surface area contributed by atoms with Crippen LogP contribution in [0, 0.1) is 5.82 Å². The number of benzene rings is 1. The van der Waals surface area contributed by atoms with Crippen molar-refractivity contribution in [2.45, 2.75) is 19.1 Å². The molecule has 2 N–H and O–H groups in total. The molecule has 2 atom stereocenters. The number of aromatic carboxylic acids is 1. The van der Waals surface area contributed by atoms with Gasteiger partial charge in [-0.25, -0.2) is 14.0 Å². The van der Waals surface area contributed by atoms with Gasteiger partial charge in [0.1, 0.15) is 11.3 Å². The first-order valence-corrected chi connectivity index (χ1v) is 9.18. The summed E-state index contributed by atoms with van der Waals surface area (Å²) >= 11 is 0. The van der Waals surface area contributed by atoms with E-state index in [1.165, 1.54) is 4.57 Å². The molecule has 154 valence electrons. The third kappa shape index (κ3) is 2.91. The predicted octanol–water partition coefficient (Wildman–Crippen LogP) is 0.997. The van der Waals surface area contributed by atoms with Gasteiger partial charge in [0.15, 0.2) is 11.6 Å². The van der Waals surface area contributed by atoms with Crippen LogP contribution in [0.25, 0.3) is 10.9 Å². The van der Waals surface area contributed by atoms with E-state index in [1.807, 2.05) is 7.05 Å². The number of hydrogen-bond donors (Lipinski definition) is 2. The summed E-state index contributed by atoms with van der Waals surface area (Å²) in [6.07, 6.45) is -0.242. The molecule has 0 spiro atoms. The number of ether oxygens (including phenoxy) is 1. The minimum absolute atomic E-state index is 0.0379. The summed E-state index contributed by atoms with van der Waals surface area (Å²) in [6, 6.07) is 0.224. The van der Waals surface area contributed by atoms with Crippen LogP contribution in [0.15, 0.2) is 17.1 Å². The number of halogens is 1. The molecule has 0 saturated carbocycles. The van der Waals surface area contributed by atoms with Crippen molar-refractivity contribution in [3.8, 4) is 5.75 Å². The van der Waals surface area contributed by atoms with Crippen molar-refractivity contribution in [2.75, 3.05) is 38.1 Å². The van der Waals surface area contributed by atoms with Crippen LogP contribution < -0.4 is 15.1 Å². The first kappa shape index (κ1) is 19.2. The molecule has 1 saturated heterocycles. The van der Waals surface area contributed by atoms with Gasteiger partial charge < -0.3 is 29.3 Å². The standard InChI is InChI=1S/C19H20FN3O6/c1-9-16(19(27)28)29-17-13-10(15(24)11(18(25)26)8-23(9)13)7-12(20)14(17)22-5-3-21(2)4-6-22/h7-9,16H,3-6H2,1-2H3,(H,25,26)(H,27,28)/t9-,16?/m0/s1. The van der Waals surface area contributed by atoms with Crippen molar-refractivity contribution in [2.24, 2.45) is 0 Å². The molecule has 29 heavy (non-hydrogen) atoms. The molecule has 1 fully saturated rings. The highest BCUT2D eigenvalue weighted by Crippen LogP contribution is 2.43. The number of nitrogens with zero attached hydrogens (tertiary/aromatic N) is 3. The van der Waals surface area contributed by atoms with Crippen LogP contribution in [0.2, 0.25) is 0 Å². The van der Waals surface area contributed by atoms with E-state index in [4.69, 9.17) is 4.74 Å². The van der Waals surface area contributed by atoms with Gasteiger partial charge in [-0.05, 0) is 20.0 Å². The summed E-state index contributed by atoms with van der Waals surface area (Å²) in [5.41, 5.74) is -1.08. The number of carboxylic acid groups (broad SMARTS) is 2. The van der Waals surface area contributed by atoms with E-state index in [9.17, 15) is 24.6 Å². The zero-order valence-corrected chi connectivity index (χ0v) is 15.9. The molecule has 3 heterocycles. The van der Waals surface area contributed by atoms with Crippen LogP contribution >= 0.6 is 0 Å². The maximum absolute atomic E-state index is 15.2. The van der Waals surface area contributed by atoms with Gasteiger partial charge in [0.25, 0.3) is 0 Å². The van der Waals surface area contributed by atoms with Gasteiger partial charge in [0.05, 0.1) is 16.9 Å². The Morgan fingerprint density at radius 3 is 2.45 bits per heavy atom. The van der Waals surface area contributed by atoms with Gasteiger partial charge in [-0.15, -0.1) is 0 Å². The lowest BCUT2D eigenvalue weighted by molar-refractivity contribution is -0.147. The van der Waals surface area contributed by atoms with E-state index < -0.39 is 40.9 Å². The number of aliphatic carboxylic acids is 1. The zero-order valence-electron chi connectivity index (χ0n) is 15.9. The van der Waals surface area contributed by atoms with Crippen LogP contribution in [-0.4, -0.2) is 70.9 Å². The lowest BCUT2D eigenvalue weighted by Gasteiger charge is -2.38. The van der Waals surface area contributed by atoms with E-state index >= 15 is 4.39 Å². The molecular weight excluding hydrogens is 385 g/mol. The lowest BCUT2D eigenvalue weighted by atomic mass is 10.0. The third-order valence-electron chi connectivity index (χ3n) is 5.61. The fraction of sp³-hybridized carbons (Fsp3) is 0.421. The number of piperazine rings is 1. The van der Waals surface area contributed by atoms with E-state index in [-0.39, 0.29) is 22.3 Å². The topological polar surface area (TPSA) is 112 Å². The highest BCUT2D eigenvalue weighted by atomic mass is 19.1. The van der Waals surface area contributed by atoms with Crippen molar-refractivity contribution in [3.05, 3.63) is 33.9 Å².